The lowest BCUT2D eigenvalue weighted by atomic mass is 9.95. The van der Waals surface area contributed by atoms with Crippen molar-refractivity contribution in [2.45, 2.75) is 37.4 Å². The van der Waals surface area contributed by atoms with Gasteiger partial charge in [0.25, 0.3) is 0 Å². The molecule has 0 N–H and O–H groups in total. The Balaban J connectivity index is 0.000000205. The van der Waals surface area contributed by atoms with E-state index < -0.39 is 82.3 Å². The molecule has 0 bridgehead atoms. The van der Waals surface area contributed by atoms with Crippen molar-refractivity contribution in [1.29, 1.82) is 0 Å². The minimum Gasteiger partial charge on any atom is -0.405 e. The zero-order valence-corrected chi connectivity index (χ0v) is 30.5. The Morgan fingerprint density at radius 2 is 0.565 bits per heavy atom. The van der Waals surface area contributed by atoms with Crippen LogP contribution in [0.15, 0.2) is 146 Å². The molecule has 0 aliphatic carbocycles. The Hall–Kier alpha value is -6.34. The zero-order chi connectivity index (χ0) is 46.3. The molecule has 6 aromatic carbocycles. The van der Waals surface area contributed by atoms with Crippen molar-refractivity contribution in [3.8, 4) is 44.9 Å². The molecule has 0 fully saturated rings. The molecule has 6 aromatic rings. The molecule has 0 aliphatic rings. The molecule has 62 heavy (non-hydrogen) atoms. The van der Waals surface area contributed by atoms with Gasteiger partial charge in [0.15, 0.2) is 0 Å². The average Bonchev–Trinajstić information content (AvgIpc) is 3.17. The van der Waals surface area contributed by atoms with Gasteiger partial charge < -0.3 is 9.47 Å². The van der Waals surface area contributed by atoms with Crippen LogP contribution >= 0.6 is 0 Å². The van der Waals surface area contributed by atoms with E-state index in [0.717, 1.165) is 72.8 Å². The second-order valence-electron chi connectivity index (χ2n) is 12.3. The highest BCUT2D eigenvalue weighted by Crippen LogP contribution is 2.43. The fraction of sp³-hybridized carbons (Fsp3) is 0.143. The Bertz CT molecular complexity index is 2240. The molecule has 0 heterocycles. The maximum absolute atomic E-state index is 12.9. The summed E-state index contributed by atoms with van der Waals surface area (Å²) in [5.41, 5.74) is -5.08. The topological polar surface area (TPSA) is 18.5 Å². The van der Waals surface area contributed by atoms with E-state index in [4.69, 9.17) is 0 Å². The molecule has 6 rings (SSSR count). The summed E-state index contributed by atoms with van der Waals surface area (Å²) in [5, 5.41) is 0. The lowest BCUT2D eigenvalue weighted by molar-refractivity contribution is -0.276. The Kier molecular flexibility index (Phi) is 14.6. The number of hydrogen-bond donors (Lipinski definition) is 0. The largest absolute Gasteiger partial charge is 0.573 e. The minimum absolute atomic E-state index is 0.0888. The van der Waals surface area contributed by atoms with Crippen LogP contribution in [0.3, 0.4) is 0 Å². The summed E-state index contributed by atoms with van der Waals surface area (Å²) < 4.78 is 235. The highest BCUT2D eigenvalue weighted by Gasteiger charge is 2.39. The van der Waals surface area contributed by atoms with Crippen molar-refractivity contribution < 1.29 is 88.5 Å². The van der Waals surface area contributed by atoms with Crippen LogP contribution in [-0.4, -0.2) is 12.7 Å². The molecule has 0 spiro atoms. The first-order chi connectivity index (χ1) is 28.5. The van der Waals surface area contributed by atoms with E-state index in [0.29, 0.717) is 0 Å². The van der Waals surface area contributed by atoms with Crippen LogP contribution in [0.1, 0.15) is 22.3 Å². The summed E-state index contributed by atoms with van der Waals surface area (Å²) in [4.78, 5) is 0. The van der Waals surface area contributed by atoms with Crippen molar-refractivity contribution in [2.75, 3.05) is 0 Å². The molecular formula is C42H24F18O2. The lowest BCUT2D eigenvalue weighted by Crippen LogP contribution is -2.18. The summed E-state index contributed by atoms with van der Waals surface area (Å²) in [6.07, 6.45) is -28.4. The quantitative estimate of drug-likeness (QED) is 0.161. The summed E-state index contributed by atoms with van der Waals surface area (Å²) in [7, 11) is 0. The SMILES string of the molecule is FC(F)(F)Oc1ccccc1-c1ccccc1OC(F)(F)F.FC(F)(F)c1cccc(-c2cccc(C(F)(F)F)c2)c1.FC(F)(F)c1ccccc1-c1ccccc1C(F)(F)F. The van der Waals surface area contributed by atoms with Crippen LogP contribution in [0.25, 0.3) is 33.4 Å². The number of para-hydroxylation sites is 2. The lowest BCUT2D eigenvalue weighted by Gasteiger charge is -2.17. The van der Waals surface area contributed by atoms with Crippen LogP contribution in [0.5, 0.6) is 11.5 Å². The normalized spacial score (nSPS) is 12.4. The average molecular weight is 903 g/mol. The zero-order valence-electron chi connectivity index (χ0n) is 30.5. The molecule has 0 aromatic heterocycles. The maximum Gasteiger partial charge on any atom is 0.573 e. The smallest absolute Gasteiger partial charge is 0.405 e. The molecule has 0 unspecified atom stereocenters. The first-order valence-corrected chi connectivity index (χ1v) is 16.9. The summed E-state index contributed by atoms with van der Waals surface area (Å²) in [6, 6.07) is 26.6. The van der Waals surface area contributed by atoms with E-state index in [1.165, 1.54) is 72.8 Å². The number of hydrogen-bond acceptors (Lipinski definition) is 2. The van der Waals surface area contributed by atoms with Crippen LogP contribution in [0, 0.1) is 0 Å². The molecule has 0 amide bonds. The fourth-order valence-electron chi connectivity index (χ4n) is 5.49. The summed E-state index contributed by atoms with van der Waals surface area (Å²) in [5.74, 6) is -1.23. The molecular weight excluding hydrogens is 878 g/mol. The van der Waals surface area contributed by atoms with Gasteiger partial charge in [0, 0.05) is 11.1 Å². The molecule has 0 radical (unpaired) electrons. The number of alkyl halides is 18. The van der Waals surface area contributed by atoms with Gasteiger partial charge in [0.05, 0.1) is 22.3 Å². The van der Waals surface area contributed by atoms with Gasteiger partial charge in [0.1, 0.15) is 11.5 Å². The van der Waals surface area contributed by atoms with Crippen molar-refractivity contribution in [2.24, 2.45) is 0 Å². The van der Waals surface area contributed by atoms with Gasteiger partial charge in [0.2, 0.25) is 0 Å². The van der Waals surface area contributed by atoms with E-state index >= 15 is 0 Å². The highest BCUT2D eigenvalue weighted by atomic mass is 19.4. The third-order valence-corrected chi connectivity index (χ3v) is 7.98. The number of rotatable bonds is 5. The fourth-order valence-corrected chi connectivity index (χ4v) is 5.49. The van der Waals surface area contributed by atoms with Gasteiger partial charge in [-0.15, -0.1) is 26.3 Å². The Labute approximate surface area is 338 Å². The number of halogens is 18. The van der Waals surface area contributed by atoms with E-state index in [9.17, 15) is 79.0 Å². The van der Waals surface area contributed by atoms with Gasteiger partial charge in [-0.3, -0.25) is 0 Å². The van der Waals surface area contributed by atoms with Crippen molar-refractivity contribution in [1.82, 2.24) is 0 Å². The molecule has 0 atom stereocenters. The number of benzene rings is 6. The predicted molar refractivity (Wildman–Crippen MR) is 189 cm³/mol. The monoisotopic (exact) mass is 902 g/mol. The van der Waals surface area contributed by atoms with Crippen LogP contribution < -0.4 is 9.47 Å². The van der Waals surface area contributed by atoms with Crippen molar-refractivity contribution in [3.05, 3.63) is 168 Å². The third kappa shape index (κ3) is 13.8. The van der Waals surface area contributed by atoms with Crippen LogP contribution in [0.2, 0.25) is 0 Å². The molecule has 0 saturated heterocycles. The summed E-state index contributed by atoms with van der Waals surface area (Å²) >= 11 is 0. The number of ether oxygens (including phenoxy) is 2. The molecule has 0 saturated carbocycles. The van der Waals surface area contributed by atoms with Crippen LogP contribution in [0.4, 0.5) is 79.0 Å². The van der Waals surface area contributed by atoms with Crippen LogP contribution in [-0.2, 0) is 24.7 Å². The second-order valence-corrected chi connectivity index (χ2v) is 12.3. The molecule has 20 heteroatoms. The van der Waals surface area contributed by atoms with E-state index in [-0.39, 0.29) is 22.3 Å². The molecule has 330 valence electrons. The molecule has 2 nitrogen and oxygen atoms in total. The van der Waals surface area contributed by atoms with Crippen molar-refractivity contribution >= 4 is 0 Å². The second kappa shape index (κ2) is 18.7. The predicted octanol–water partition coefficient (Wildman–Crippen LogP) is 15.9. The Morgan fingerprint density at radius 3 is 0.855 bits per heavy atom. The van der Waals surface area contributed by atoms with Gasteiger partial charge in [-0.2, -0.15) is 52.7 Å². The van der Waals surface area contributed by atoms with Crippen molar-refractivity contribution in [3.63, 3.8) is 0 Å². The van der Waals surface area contributed by atoms with Gasteiger partial charge in [-0.05, 0) is 70.8 Å². The highest BCUT2D eigenvalue weighted by molar-refractivity contribution is 5.76. The third-order valence-electron chi connectivity index (χ3n) is 7.98. The van der Waals surface area contributed by atoms with Gasteiger partial charge in [-0.1, -0.05) is 97.1 Å². The van der Waals surface area contributed by atoms with E-state index in [2.05, 4.69) is 9.47 Å². The van der Waals surface area contributed by atoms with Gasteiger partial charge >= 0.3 is 37.4 Å². The minimum atomic E-state index is -4.96. The Morgan fingerprint density at radius 1 is 0.274 bits per heavy atom. The standard InChI is InChI=1S/C14H8F6O2.2C14H8F6/c15-13(16,17)21-11-7-3-1-5-9(11)10-6-2-4-8-12(10)22-14(18,19)20;15-13(16,17)11-5-1-3-9(7-11)10-4-2-6-12(8-10)14(18,19)20;15-13(16,17)11-7-3-1-5-9(11)10-6-2-4-8-12(10)14(18,19)20/h1-8H;2*1-8H. The first-order valence-electron chi connectivity index (χ1n) is 16.9. The first kappa shape index (κ1) is 48.3. The maximum atomic E-state index is 12.9. The molecule has 0 aliphatic heterocycles. The van der Waals surface area contributed by atoms with E-state index in [1.54, 1.807) is 0 Å². The summed E-state index contributed by atoms with van der Waals surface area (Å²) in [6.45, 7) is 0. The van der Waals surface area contributed by atoms with Gasteiger partial charge in [-0.25, -0.2) is 0 Å². The van der Waals surface area contributed by atoms with E-state index in [1.807, 2.05) is 0 Å².